The molecule has 0 atom stereocenters. The summed E-state index contributed by atoms with van der Waals surface area (Å²) in [4.78, 5) is 14.1. The third-order valence-corrected chi connectivity index (χ3v) is 2.98. The molecule has 0 saturated carbocycles. The van der Waals surface area contributed by atoms with E-state index in [0.717, 1.165) is 37.4 Å². The monoisotopic (exact) mass is 218 g/mol. The van der Waals surface area contributed by atoms with Gasteiger partial charge in [0, 0.05) is 43.9 Å². The molecule has 0 radical (unpaired) electrons. The van der Waals surface area contributed by atoms with Crippen molar-refractivity contribution >= 4 is 11.5 Å². The van der Waals surface area contributed by atoms with Gasteiger partial charge < -0.3 is 10.2 Å². The van der Waals surface area contributed by atoms with Gasteiger partial charge in [0.1, 0.15) is 0 Å². The molecule has 0 unspecified atom stereocenters. The number of carbonyl (C=O) groups excluding carboxylic acids is 1. The van der Waals surface area contributed by atoms with Crippen molar-refractivity contribution in [1.82, 2.24) is 5.32 Å². The zero-order valence-electron chi connectivity index (χ0n) is 9.70. The fourth-order valence-corrected chi connectivity index (χ4v) is 2.08. The van der Waals surface area contributed by atoms with Gasteiger partial charge in [-0.25, -0.2) is 0 Å². The molecule has 0 aromatic heterocycles. The number of hydrogen-bond donors (Lipinski definition) is 1. The lowest BCUT2D eigenvalue weighted by atomic mass is 10.1. The zero-order chi connectivity index (χ0) is 11.4. The third-order valence-electron chi connectivity index (χ3n) is 2.98. The lowest BCUT2D eigenvalue weighted by Gasteiger charge is -2.30. The van der Waals surface area contributed by atoms with Crippen molar-refractivity contribution < 1.29 is 4.79 Å². The second-order valence-electron chi connectivity index (χ2n) is 4.03. The summed E-state index contributed by atoms with van der Waals surface area (Å²) in [5.74, 6) is 0.231. The lowest BCUT2D eigenvalue weighted by molar-refractivity contribution is 0.0988. The van der Waals surface area contributed by atoms with E-state index in [1.807, 2.05) is 31.2 Å². The SMILES string of the molecule is CCC(=O)c1ccccc1N1CCNCC1. The van der Waals surface area contributed by atoms with Crippen molar-refractivity contribution in [2.75, 3.05) is 31.1 Å². The molecule has 1 heterocycles. The molecule has 1 aliphatic heterocycles. The van der Waals surface area contributed by atoms with Gasteiger partial charge in [0.05, 0.1) is 0 Å². The summed E-state index contributed by atoms with van der Waals surface area (Å²) in [5.41, 5.74) is 1.96. The van der Waals surface area contributed by atoms with Crippen molar-refractivity contribution in [3.63, 3.8) is 0 Å². The Labute approximate surface area is 96.5 Å². The van der Waals surface area contributed by atoms with Gasteiger partial charge in [-0.2, -0.15) is 0 Å². The zero-order valence-corrected chi connectivity index (χ0v) is 9.70. The molecular formula is C13H18N2O. The van der Waals surface area contributed by atoms with Gasteiger partial charge >= 0.3 is 0 Å². The summed E-state index contributed by atoms with van der Waals surface area (Å²) >= 11 is 0. The van der Waals surface area contributed by atoms with Gasteiger partial charge in [0.25, 0.3) is 0 Å². The summed E-state index contributed by atoms with van der Waals surface area (Å²) in [7, 11) is 0. The Morgan fingerprint density at radius 1 is 1.31 bits per heavy atom. The normalized spacial score (nSPS) is 16.2. The minimum absolute atomic E-state index is 0.231. The van der Waals surface area contributed by atoms with Crippen LogP contribution in [0.1, 0.15) is 23.7 Å². The molecule has 0 amide bonds. The van der Waals surface area contributed by atoms with Gasteiger partial charge in [-0.05, 0) is 12.1 Å². The van der Waals surface area contributed by atoms with E-state index in [2.05, 4.69) is 10.2 Å². The topological polar surface area (TPSA) is 32.3 Å². The van der Waals surface area contributed by atoms with Gasteiger partial charge in [0.15, 0.2) is 5.78 Å². The van der Waals surface area contributed by atoms with Crippen LogP contribution in [0.15, 0.2) is 24.3 Å². The van der Waals surface area contributed by atoms with Gasteiger partial charge in [-0.1, -0.05) is 19.1 Å². The average Bonchev–Trinajstić information content (AvgIpc) is 2.39. The van der Waals surface area contributed by atoms with E-state index in [9.17, 15) is 4.79 Å². The Morgan fingerprint density at radius 2 is 2.00 bits per heavy atom. The first-order chi connectivity index (χ1) is 7.83. The van der Waals surface area contributed by atoms with Crippen LogP contribution in [0, 0.1) is 0 Å². The van der Waals surface area contributed by atoms with Crippen molar-refractivity contribution in [2.24, 2.45) is 0 Å². The van der Waals surface area contributed by atoms with Crippen LogP contribution < -0.4 is 10.2 Å². The molecule has 0 spiro atoms. The Balaban J connectivity index is 2.28. The molecule has 0 aliphatic carbocycles. The molecule has 1 aromatic carbocycles. The third kappa shape index (κ3) is 2.25. The predicted molar refractivity (Wildman–Crippen MR) is 66.1 cm³/mol. The van der Waals surface area contributed by atoms with E-state index < -0.39 is 0 Å². The van der Waals surface area contributed by atoms with Crippen LogP contribution in [0.2, 0.25) is 0 Å². The van der Waals surface area contributed by atoms with Crippen LogP contribution >= 0.6 is 0 Å². The average molecular weight is 218 g/mol. The van der Waals surface area contributed by atoms with Crippen molar-refractivity contribution in [2.45, 2.75) is 13.3 Å². The number of nitrogens with one attached hydrogen (secondary N) is 1. The van der Waals surface area contributed by atoms with Crippen molar-refractivity contribution in [3.8, 4) is 0 Å². The van der Waals surface area contributed by atoms with Crippen LogP contribution in [0.5, 0.6) is 0 Å². The number of nitrogens with zero attached hydrogens (tertiary/aromatic N) is 1. The first-order valence-electron chi connectivity index (χ1n) is 5.91. The largest absolute Gasteiger partial charge is 0.368 e. The number of anilines is 1. The molecule has 1 fully saturated rings. The number of piperazine rings is 1. The fraction of sp³-hybridized carbons (Fsp3) is 0.462. The quantitative estimate of drug-likeness (QED) is 0.784. The highest BCUT2D eigenvalue weighted by molar-refractivity contribution is 6.01. The summed E-state index contributed by atoms with van der Waals surface area (Å²) in [6.45, 7) is 5.86. The maximum Gasteiger partial charge on any atom is 0.164 e. The highest BCUT2D eigenvalue weighted by Crippen LogP contribution is 2.21. The summed E-state index contributed by atoms with van der Waals surface area (Å²) < 4.78 is 0. The molecule has 1 aliphatic rings. The Kier molecular flexibility index (Phi) is 3.57. The molecule has 3 heteroatoms. The minimum Gasteiger partial charge on any atom is -0.368 e. The van der Waals surface area contributed by atoms with Gasteiger partial charge in [0.2, 0.25) is 0 Å². The number of carbonyl (C=O) groups is 1. The van der Waals surface area contributed by atoms with Crippen LogP contribution in [0.3, 0.4) is 0 Å². The molecule has 1 N–H and O–H groups in total. The van der Waals surface area contributed by atoms with Crippen LogP contribution in [-0.4, -0.2) is 32.0 Å². The van der Waals surface area contributed by atoms with E-state index in [0.29, 0.717) is 6.42 Å². The van der Waals surface area contributed by atoms with Gasteiger partial charge in [-0.15, -0.1) is 0 Å². The second-order valence-corrected chi connectivity index (χ2v) is 4.03. The smallest absolute Gasteiger partial charge is 0.164 e. The van der Waals surface area contributed by atoms with E-state index >= 15 is 0 Å². The molecule has 1 aromatic rings. The molecule has 2 rings (SSSR count). The van der Waals surface area contributed by atoms with Crippen molar-refractivity contribution in [3.05, 3.63) is 29.8 Å². The molecule has 1 saturated heterocycles. The van der Waals surface area contributed by atoms with E-state index in [-0.39, 0.29) is 5.78 Å². The Hall–Kier alpha value is -1.35. The summed E-state index contributed by atoms with van der Waals surface area (Å²) in [5, 5.41) is 3.32. The van der Waals surface area contributed by atoms with E-state index in [1.54, 1.807) is 0 Å². The molecule has 86 valence electrons. The Morgan fingerprint density at radius 3 is 2.69 bits per heavy atom. The minimum atomic E-state index is 0.231. The van der Waals surface area contributed by atoms with Crippen LogP contribution in [-0.2, 0) is 0 Å². The van der Waals surface area contributed by atoms with Crippen LogP contribution in [0.4, 0.5) is 5.69 Å². The highest BCUT2D eigenvalue weighted by Gasteiger charge is 2.16. The first kappa shape index (κ1) is 11.1. The fourth-order valence-electron chi connectivity index (χ4n) is 2.08. The number of rotatable bonds is 3. The number of benzene rings is 1. The molecule has 16 heavy (non-hydrogen) atoms. The number of Topliss-reactive ketones (excluding diaryl/α,β-unsaturated/α-hetero) is 1. The molecular weight excluding hydrogens is 200 g/mol. The van der Waals surface area contributed by atoms with Gasteiger partial charge in [-0.3, -0.25) is 4.79 Å². The summed E-state index contributed by atoms with van der Waals surface area (Å²) in [6, 6.07) is 7.93. The highest BCUT2D eigenvalue weighted by atomic mass is 16.1. The maximum absolute atomic E-state index is 11.8. The second kappa shape index (κ2) is 5.12. The predicted octanol–water partition coefficient (Wildman–Crippen LogP) is 1.69. The molecule has 0 bridgehead atoms. The molecule has 3 nitrogen and oxygen atoms in total. The maximum atomic E-state index is 11.8. The standard InChI is InChI=1S/C13H18N2O/c1-2-13(16)11-5-3-4-6-12(11)15-9-7-14-8-10-15/h3-6,14H,2,7-10H2,1H3. The lowest BCUT2D eigenvalue weighted by Crippen LogP contribution is -2.44. The number of ketones is 1. The van der Waals surface area contributed by atoms with Crippen LogP contribution in [0.25, 0.3) is 0 Å². The summed E-state index contributed by atoms with van der Waals surface area (Å²) in [6.07, 6.45) is 0.573. The van der Waals surface area contributed by atoms with E-state index in [1.165, 1.54) is 0 Å². The number of para-hydroxylation sites is 1. The number of hydrogen-bond acceptors (Lipinski definition) is 3. The first-order valence-corrected chi connectivity index (χ1v) is 5.91. The Bertz CT molecular complexity index is 370. The van der Waals surface area contributed by atoms with Crippen molar-refractivity contribution in [1.29, 1.82) is 0 Å². The van der Waals surface area contributed by atoms with E-state index in [4.69, 9.17) is 0 Å².